The van der Waals surface area contributed by atoms with Crippen LogP contribution in [0.3, 0.4) is 0 Å². The summed E-state index contributed by atoms with van der Waals surface area (Å²) in [6.45, 7) is 0. The van der Waals surface area contributed by atoms with Gasteiger partial charge in [0.15, 0.2) is 0 Å². The summed E-state index contributed by atoms with van der Waals surface area (Å²) in [6, 6.07) is 70.3. The Bertz CT molecular complexity index is 4290. The minimum absolute atomic E-state index is 1.17. The number of hydrogen-bond donors (Lipinski definition) is 0. The third kappa shape index (κ3) is 3.62. The predicted octanol–water partition coefficient (Wildman–Crippen LogP) is 15.1. The van der Waals surface area contributed by atoms with Crippen molar-refractivity contribution >= 4 is 120 Å². The molecule has 0 unspecified atom stereocenters. The van der Waals surface area contributed by atoms with Gasteiger partial charge in [-0.1, -0.05) is 127 Å². The summed E-state index contributed by atoms with van der Waals surface area (Å²) >= 11 is 0. The number of aromatic nitrogens is 3. The lowest BCUT2D eigenvalue weighted by molar-refractivity contribution is 1.18. The molecule has 0 aliphatic rings. The van der Waals surface area contributed by atoms with Gasteiger partial charge in [-0.15, -0.1) is 0 Å². The number of nitrogens with zero attached hydrogens (tertiary/aromatic N) is 3. The average molecular weight is 746 g/mol. The summed E-state index contributed by atoms with van der Waals surface area (Å²) in [4.78, 5) is 0. The Hall–Kier alpha value is -7.88. The highest BCUT2D eigenvalue weighted by Gasteiger charge is 2.26. The molecular formula is C56H31N3. The molecule has 3 heteroatoms. The van der Waals surface area contributed by atoms with Gasteiger partial charge in [-0.05, 0) is 87.8 Å². The van der Waals surface area contributed by atoms with Crippen LogP contribution in [0.2, 0.25) is 0 Å². The molecule has 5 aromatic heterocycles. The van der Waals surface area contributed by atoms with E-state index in [1.54, 1.807) is 0 Å². The third-order valence-corrected chi connectivity index (χ3v) is 13.6. The number of para-hydroxylation sites is 4. The first-order valence-electron chi connectivity index (χ1n) is 20.5. The van der Waals surface area contributed by atoms with Gasteiger partial charge >= 0.3 is 0 Å². The van der Waals surface area contributed by atoms with Crippen LogP contribution < -0.4 is 0 Å². The van der Waals surface area contributed by atoms with Gasteiger partial charge in [0.05, 0.1) is 44.1 Å². The van der Waals surface area contributed by atoms with E-state index in [2.05, 4.69) is 201 Å². The van der Waals surface area contributed by atoms with Gasteiger partial charge in [-0.3, -0.25) is 0 Å². The highest BCUT2D eigenvalue weighted by molar-refractivity contribution is 6.38. The molecule has 270 valence electrons. The van der Waals surface area contributed by atoms with E-state index in [0.717, 1.165) is 0 Å². The van der Waals surface area contributed by atoms with Gasteiger partial charge in [0, 0.05) is 65.1 Å². The maximum absolute atomic E-state index is 2.63. The van der Waals surface area contributed by atoms with Crippen LogP contribution in [0, 0.1) is 0 Å². The van der Waals surface area contributed by atoms with Gasteiger partial charge in [-0.25, -0.2) is 0 Å². The van der Waals surface area contributed by atoms with Crippen molar-refractivity contribution in [2.75, 3.05) is 0 Å². The molecule has 0 aliphatic carbocycles. The summed E-state index contributed by atoms with van der Waals surface area (Å²) in [5.41, 5.74) is 13.7. The Morgan fingerprint density at radius 1 is 0.271 bits per heavy atom. The highest BCUT2D eigenvalue weighted by atomic mass is 15.0. The van der Waals surface area contributed by atoms with Crippen molar-refractivity contribution in [3.63, 3.8) is 0 Å². The van der Waals surface area contributed by atoms with Crippen LogP contribution in [0.25, 0.3) is 136 Å². The number of hydrogen-bond acceptors (Lipinski definition) is 0. The smallest absolute Gasteiger partial charge is 0.0627 e. The molecule has 15 aromatic rings. The van der Waals surface area contributed by atoms with E-state index in [1.165, 1.54) is 136 Å². The van der Waals surface area contributed by atoms with Crippen molar-refractivity contribution in [3.8, 4) is 16.8 Å². The molecule has 0 spiro atoms. The van der Waals surface area contributed by atoms with Gasteiger partial charge < -0.3 is 13.4 Å². The van der Waals surface area contributed by atoms with Gasteiger partial charge in [0.1, 0.15) is 0 Å². The zero-order valence-electron chi connectivity index (χ0n) is 31.7. The summed E-state index contributed by atoms with van der Waals surface area (Å²) in [5, 5.41) is 18.1. The van der Waals surface area contributed by atoms with Crippen molar-refractivity contribution in [3.05, 3.63) is 188 Å². The molecule has 0 N–H and O–H groups in total. The van der Waals surface area contributed by atoms with Gasteiger partial charge in [0.2, 0.25) is 0 Å². The standard InChI is InChI=1S/C56H31N3/c1-2-15-35(16-3-1)57-47-23-10-9-20-39(47)43-28-34(25-26-49(43)57)42-27-32-13-4-6-17-36(32)52-53-37-18-7-5-14-33(37)29-46-45-31-50-44(30-51(45)59(55(42)52)56(46)53)41-22-12-21-40-38-19-8-11-24-48(38)58(50)54(40)41/h1-31H. The minimum Gasteiger partial charge on any atom is -0.309 e. The molecule has 0 radical (unpaired) electrons. The first kappa shape index (κ1) is 30.3. The van der Waals surface area contributed by atoms with E-state index >= 15 is 0 Å². The van der Waals surface area contributed by atoms with Gasteiger partial charge in [-0.2, -0.15) is 0 Å². The van der Waals surface area contributed by atoms with Crippen molar-refractivity contribution in [2.24, 2.45) is 0 Å². The average Bonchev–Trinajstić information content (AvgIpc) is 4.08. The lowest BCUT2D eigenvalue weighted by Crippen LogP contribution is -1.93. The SMILES string of the molecule is c1ccc(-n2c3ccccc3c3cc(-c4cc5ccccc5c5c6c7ccccc7cc7c8cc9c(cc8n(c45)c76)c4cccc5c6ccccc6n9c54)ccc32)cc1. The Kier molecular flexibility index (Phi) is 5.41. The van der Waals surface area contributed by atoms with E-state index in [0.29, 0.717) is 0 Å². The Balaban J connectivity index is 1.15. The molecule has 0 saturated heterocycles. The zero-order valence-corrected chi connectivity index (χ0v) is 31.7. The second kappa shape index (κ2) is 10.5. The van der Waals surface area contributed by atoms with Crippen LogP contribution in [0.1, 0.15) is 0 Å². The molecule has 15 rings (SSSR count). The number of fused-ring (bicyclic) bond motifs is 19. The first-order chi connectivity index (χ1) is 29.3. The minimum atomic E-state index is 1.17. The molecule has 59 heavy (non-hydrogen) atoms. The van der Waals surface area contributed by atoms with E-state index in [-0.39, 0.29) is 0 Å². The summed E-state index contributed by atoms with van der Waals surface area (Å²) in [5.74, 6) is 0. The lowest BCUT2D eigenvalue weighted by atomic mass is 9.93. The van der Waals surface area contributed by atoms with Crippen molar-refractivity contribution < 1.29 is 0 Å². The Morgan fingerprint density at radius 3 is 1.59 bits per heavy atom. The van der Waals surface area contributed by atoms with Gasteiger partial charge in [0.25, 0.3) is 0 Å². The molecule has 5 heterocycles. The molecule has 0 atom stereocenters. The second-order valence-electron chi connectivity index (χ2n) is 16.4. The van der Waals surface area contributed by atoms with Crippen LogP contribution in [0.4, 0.5) is 0 Å². The third-order valence-electron chi connectivity index (χ3n) is 13.6. The lowest BCUT2D eigenvalue weighted by Gasteiger charge is -2.12. The van der Waals surface area contributed by atoms with Crippen molar-refractivity contribution in [2.45, 2.75) is 0 Å². The fraction of sp³-hybridized carbons (Fsp3) is 0. The molecule has 3 nitrogen and oxygen atoms in total. The second-order valence-corrected chi connectivity index (χ2v) is 16.4. The maximum Gasteiger partial charge on any atom is 0.0627 e. The summed E-state index contributed by atoms with van der Waals surface area (Å²) < 4.78 is 7.55. The van der Waals surface area contributed by atoms with Crippen LogP contribution in [0.5, 0.6) is 0 Å². The van der Waals surface area contributed by atoms with E-state index in [9.17, 15) is 0 Å². The molecule has 0 amide bonds. The zero-order chi connectivity index (χ0) is 38.1. The van der Waals surface area contributed by atoms with Crippen molar-refractivity contribution in [1.29, 1.82) is 0 Å². The summed E-state index contributed by atoms with van der Waals surface area (Å²) in [6.07, 6.45) is 0. The topological polar surface area (TPSA) is 13.8 Å². The molecule has 0 aliphatic heterocycles. The molecule has 0 fully saturated rings. The first-order valence-corrected chi connectivity index (χ1v) is 20.5. The van der Waals surface area contributed by atoms with Crippen LogP contribution in [0.15, 0.2) is 188 Å². The van der Waals surface area contributed by atoms with Crippen molar-refractivity contribution in [1.82, 2.24) is 13.4 Å². The van der Waals surface area contributed by atoms with Crippen LogP contribution >= 0.6 is 0 Å². The number of benzene rings is 10. The molecular weight excluding hydrogens is 715 g/mol. The normalized spacial score (nSPS) is 12.7. The largest absolute Gasteiger partial charge is 0.309 e. The van der Waals surface area contributed by atoms with E-state index in [4.69, 9.17) is 0 Å². The van der Waals surface area contributed by atoms with E-state index < -0.39 is 0 Å². The maximum atomic E-state index is 2.63. The Labute approximate surface area is 336 Å². The van der Waals surface area contributed by atoms with E-state index in [1.807, 2.05) is 0 Å². The van der Waals surface area contributed by atoms with Crippen LogP contribution in [-0.2, 0) is 0 Å². The molecule has 0 bridgehead atoms. The fourth-order valence-corrected chi connectivity index (χ4v) is 11.3. The summed E-state index contributed by atoms with van der Waals surface area (Å²) in [7, 11) is 0. The molecule has 0 saturated carbocycles. The van der Waals surface area contributed by atoms with Crippen LogP contribution in [-0.4, -0.2) is 13.4 Å². The molecule has 10 aromatic carbocycles. The highest BCUT2D eigenvalue weighted by Crippen LogP contribution is 2.50. The quantitative estimate of drug-likeness (QED) is 0.167. The fourth-order valence-electron chi connectivity index (χ4n) is 11.3. The number of rotatable bonds is 2. The monoisotopic (exact) mass is 745 g/mol. The predicted molar refractivity (Wildman–Crippen MR) is 251 cm³/mol. The Morgan fingerprint density at radius 2 is 0.814 bits per heavy atom.